The maximum absolute atomic E-state index is 13.0. The molecular formula is C20H21N3O. The van der Waals surface area contributed by atoms with Crippen LogP contribution in [-0.2, 0) is 0 Å². The molecule has 122 valence electrons. The monoisotopic (exact) mass is 319 g/mol. The molecule has 1 atom stereocenters. The van der Waals surface area contributed by atoms with Gasteiger partial charge in [0, 0.05) is 24.4 Å². The molecule has 4 heteroatoms. The zero-order valence-electron chi connectivity index (χ0n) is 13.6. The van der Waals surface area contributed by atoms with Crippen molar-refractivity contribution in [2.24, 2.45) is 0 Å². The van der Waals surface area contributed by atoms with Gasteiger partial charge in [0.2, 0.25) is 0 Å². The number of amides is 1. The largest absolute Gasteiger partial charge is 0.337 e. The molecule has 1 unspecified atom stereocenters. The van der Waals surface area contributed by atoms with Crippen LogP contribution in [0.1, 0.15) is 41.2 Å². The Morgan fingerprint density at radius 1 is 1.04 bits per heavy atom. The second-order valence-electron chi connectivity index (χ2n) is 6.47. The number of rotatable bonds is 2. The van der Waals surface area contributed by atoms with Gasteiger partial charge in [-0.3, -0.25) is 9.89 Å². The average molecular weight is 319 g/mol. The van der Waals surface area contributed by atoms with E-state index in [9.17, 15) is 4.79 Å². The van der Waals surface area contributed by atoms with Crippen molar-refractivity contribution in [3.63, 3.8) is 0 Å². The third-order valence-electron chi connectivity index (χ3n) is 4.90. The normalized spacial score (nSPS) is 18.5. The fourth-order valence-corrected chi connectivity index (χ4v) is 3.60. The number of carbonyl (C=O) groups is 1. The van der Waals surface area contributed by atoms with Crippen molar-refractivity contribution in [1.29, 1.82) is 0 Å². The van der Waals surface area contributed by atoms with Crippen molar-refractivity contribution in [2.75, 3.05) is 13.1 Å². The molecule has 2 aromatic carbocycles. The van der Waals surface area contributed by atoms with Gasteiger partial charge in [0.05, 0.1) is 5.52 Å². The van der Waals surface area contributed by atoms with Gasteiger partial charge in [0.1, 0.15) is 0 Å². The molecule has 3 aromatic rings. The van der Waals surface area contributed by atoms with Gasteiger partial charge in [-0.1, -0.05) is 55.0 Å². The maximum atomic E-state index is 13.0. The number of likely N-dealkylation sites (tertiary alicyclic amines) is 1. The summed E-state index contributed by atoms with van der Waals surface area (Å²) in [6, 6.07) is 18.3. The molecule has 1 aliphatic rings. The number of carbonyl (C=O) groups excluding carboxylic acids is 1. The van der Waals surface area contributed by atoms with Crippen LogP contribution in [0.3, 0.4) is 0 Å². The fourth-order valence-electron chi connectivity index (χ4n) is 3.60. The van der Waals surface area contributed by atoms with Gasteiger partial charge in [-0.25, -0.2) is 0 Å². The molecule has 0 saturated carbocycles. The Hall–Kier alpha value is -2.62. The molecular weight excluding hydrogens is 298 g/mol. The van der Waals surface area contributed by atoms with Crippen molar-refractivity contribution in [3.8, 4) is 0 Å². The first-order valence-electron chi connectivity index (χ1n) is 8.60. The number of fused-ring (bicyclic) bond motifs is 1. The van der Waals surface area contributed by atoms with Crippen LogP contribution >= 0.6 is 0 Å². The van der Waals surface area contributed by atoms with Crippen molar-refractivity contribution >= 4 is 16.8 Å². The third kappa shape index (κ3) is 2.80. The highest BCUT2D eigenvalue weighted by Crippen LogP contribution is 2.27. The molecule has 2 heterocycles. The van der Waals surface area contributed by atoms with Crippen molar-refractivity contribution in [3.05, 3.63) is 65.9 Å². The van der Waals surface area contributed by atoms with Crippen LogP contribution in [0.5, 0.6) is 0 Å². The molecule has 24 heavy (non-hydrogen) atoms. The number of nitrogens with one attached hydrogen (secondary N) is 1. The SMILES string of the molecule is O=C(c1n[nH]c2ccccc12)N1CCCCC(c2ccccc2)C1. The Morgan fingerprint density at radius 3 is 2.71 bits per heavy atom. The van der Waals surface area contributed by atoms with E-state index in [1.54, 1.807) is 0 Å². The van der Waals surface area contributed by atoms with Gasteiger partial charge in [0.25, 0.3) is 5.91 Å². The number of benzene rings is 2. The summed E-state index contributed by atoms with van der Waals surface area (Å²) in [6.07, 6.45) is 3.34. The minimum absolute atomic E-state index is 0.0373. The summed E-state index contributed by atoms with van der Waals surface area (Å²) < 4.78 is 0. The molecule has 0 bridgehead atoms. The molecule has 1 aliphatic heterocycles. The summed E-state index contributed by atoms with van der Waals surface area (Å²) in [5.41, 5.74) is 2.78. The van der Waals surface area contributed by atoms with E-state index >= 15 is 0 Å². The highest BCUT2D eigenvalue weighted by atomic mass is 16.2. The first kappa shape index (κ1) is 14.9. The van der Waals surface area contributed by atoms with Crippen LogP contribution in [-0.4, -0.2) is 34.1 Å². The topological polar surface area (TPSA) is 49.0 Å². The van der Waals surface area contributed by atoms with E-state index in [0.29, 0.717) is 11.6 Å². The lowest BCUT2D eigenvalue weighted by Gasteiger charge is -2.24. The van der Waals surface area contributed by atoms with Crippen LogP contribution in [0.2, 0.25) is 0 Å². The number of hydrogen-bond acceptors (Lipinski definition) is 2. The molecule has 1 saturated heterocycles. The number of H-pyrrole nitrogens is 1. The standard InChI is InChI=1S/C20H21N3O/c24-20(19-17-11-4-5-12-18(17)21-22-19)23-13-7-6-10-16(14-23)15-8-2-1-3-9-15/h1-5,8-9,11-12,16H,6-7,10,13-14H2,(H,21,22). The van der Waals surface area contributed by atoms with Gasteiger partial charge in [-0.2, -0.15) is 5.10 Å². The lowest BCUT2D eigenvalue weighted by atomic mass is 9.94. The van der Waals surface area contributed by atoms with E-state index in [0.717, 1.165) is 43.3 Å². The minimum atomic E-state index is 0.0373. The van der Waals surface area contributed by atoms with Crippen LogP contribution in [0.25, 0.3) is 10.9 Å². The number of aromatic amines is 1. The Labute approximate surface area is 141 Å². The fraction of sp³-hybridized carbons (Fsp3) is 0.300. The molecule has 4 rings (SSSR count). The van der Waals surface area contributed by atoms with Gasteiger partial charge < -0.3 is 4.90 Å². The lowest BCUT2D eigenvalue weighted by molar-refractivity contribution is 0.0750. The summed E-state index contributed by atoms with van der Waals surface area (Å²) in [5, 5.41) is 8.16. The number of para-hydroxylation sites is 1. The Bertz CT molecular complexity index is 840. The van der Waals surface area contributed by atoms with Crippen molar-refractivity contribution in [2.45, 2.75) is 25.2 Å². The second-order valence-corrected chi connectivity index (χ2v) is 6.47. The molecule has 1 aromatic heterocycles. The molecule has 1 amide bonds. The third-order valence-corrected chi connectivity index (χ3v) is 4.90. The average Bonchev–Trinajstić information content (AvgIpc) is 2.91. The first-order valence-corrected chi connectivity index (χ1v) is 8.60. The van der Waals surface area contributed by atoms with Gasteiger partial charge in [-0.15, -0.1) is 0 Å². The van der Waals surface area contributed by atoms with Crippen molar-refractivity contribution < 1.29 is 4.79 Å². The molecule has 1 fully saturated rings. The number of nitrogens with zero attached hydrogens (tertiary/aromatic N) is 2. The molecule has 0 aliphatic carbocycles. The predicted octanol–water partition coefficient (Wildman–Crippen LogP) is 3.97. The molecule has 0 radical (unpaired) electrons. The van der Waals surface area contributed by atoms with E-state index in [-0.39, 0.29) is 5.91 Å². The Morgan fingerprint density at radius 2 is 1.83 bits per heavy atom. The van der Waals surface area contributed by atoms with Gasteiger partial charge in [-0.05, 0) is 24.5 Å². The highest BCUT2D eigenvalue weighted by Gasteiger charge is 2.26. The summed E-state index contributed by atoms with van der Waals surface area (Å²) in [6.45, 7) is 1.58. The molecule has 4 nitrogen and oxygen atoms in total. The van der Waals surface area contributed by atoms with E-state index in [1.807, 2.05) is 35.2 Å². The summed E-state index contributed by atoms with van der Waals surface area (Å²) in [4.78, 5) is 15.0. The van der Waals surface area contributed by atoms with E-state index in [1.165, 1.54) is 5.56 Å². The summed E-state index contributed by atoms with van der Waals surface area (Å²) in [7, 11) is 0. The Balaban J connectivity index is 1.61. The van der Waals surface area contributed by atoms with Crippen molar-refractivity contribution in [1.82, 2.24) is 15.1 Å². The van der Waals surface area contributed by atoms with Gasteiger partial charge in [0.15, 0.2) is 5.69 Å². The molecule has 0 spiro atoms. The van der Waals surface area contributed by atoms with Crippen LogP contribution in [0, 0.1) is 0 Å². The Kier molecular flexibility index (Phi) is 4.03. The maximum Gasteiger partial charge on any atom is 0.275 e. The van der Waals surface area contributed by atoms with Gasteiger partial charge >= 0.3 is 0 Å². The van der Waals surface area contributed by atoms with E-state index < -0.39 is 0 Å². The number of hydrogen-bond donors (Lipinski definition) is 1. The smallest absolute Gasteiger partial charge is 0.275 e. The van der Waals surface area contributed by atoms with E-state index in [2.05, 4.69) is 34.5 Å². The zero-order chi connectivity index (χ0) is 16.4. The van der Waals surface area contributed by atoms with Crippen LogP contribution in [0.15, 0.2) is 54.6 Å². The lowest BCUT2D eigenvalue weighted by Crippen LogP contribution is -2.34. The highest BCUT2D eigenvalue weighted by molar-refractivity contribution is 6.04. The minimum Gasteiger partial charge on any atom is -0.337 e. The number of aromatic nitrogens is 2. The predicted molar refractivity (Wildman–Crippen MR) is 95.0 cm³/mol. The van der Waals surface area contributed by atoms with Crippen LogP contribution < -0.4 is 0 Å². The second kappa shape index (κ2) is 6.48. The van der Waals surface area contributed by atoms with E-state index in [4.69, 9.17) is 0 Å². The zero-order valence-corrected chi connectivity index (χ0v) is 13.6. The first-order chi connectivity index (χ1) is 11.8. The van der Waals surface area contributed by atoms with Crippen LogP contribution in [0.4, 0.5) is 0 Å². The summed E-state index contributed by atoms with van der Waals surface area (Å²) >= 11 is 0. The molecule has 1 N–H and O–H groups in total. The summed E-state index contributed by atoms with van der Waals surface area (Å²) in [5.74, 6) is 0.443. The quantitative estimate of drug-likeness (QED) is 0.777.